The molecule has 1 aliphatic heterocycles. The number of nitrogens with one attached hydrogen (secondary N) is 1. The van der Waals surface area contributed by atoms with E-state index in [1.54, 1.807) is 31.4 Å². The zero-order valence-corrected chi connectivity index (χ0v) is 18.1. The molecule has 1 aliphatic carbocycles. The lowest BCUT2D eigenvalue weighted by Crippen LogP contribution is -2.37. The smallest absolute Gasteiger partial charge is 0.244 e. The van der Waals surface area contributed by atoms with Crippen molar-refractivity contribution in [2.75, 3.05) is 13.7 Å². The topological polar surface area (TPSA) is 41.6 Å². The lowest BCUT2D eigenvalue weighted by molar-refractivity contribution is -0.117. The highest BCUT2D eigenvalue weighted by Gasteiger charge is 2.24. The van der Waals surface area contributed by atoms with Crippen LogP contribution in [0.1, 0.15) is 48.8 Å². The van der Waals surface area contributed by atoms with E-state index in [9.17, 15) is 9.18 Å². The Kier molecular flexibility index (Phi) is 7.03. The second-order valence-electron chi connectivity index (χ2n) is 8.75. The van der Waals surface area contributed by atoms with Crippen LogP contribution >= 0.6 is 0 Å². The molecule has 1 N–H and O–H groups in total. The number of amides is 1. The van der Waals surface area contributed by atoms with E-state index in [4.69, 9.17) is 4.74 Å². The predicted molar refractivity (Wildman–Crippen MR) is 121 cm³/mol. The van der Waals surface area contributed by atoms with Gasteiger partial charge in [-0.2, -0.15) is 0 Å². The fourth-order valence-electron chi connectivity index (χ4n) is 4.68. The summed E-state index contributed by atoms with van der Waals surface area (Å²) in [6, 6.07) is 12.8. The summed E-state index contributed by atoms with van der Waals surface area (Å²) in [4.78, 5) is 14.7. The van der Waals surface area contributed by atoms with Crippen LogP contribution in [0, 0.1) is 11.7 Å². The first-order chi connectivity index (χ1) is 15.1. The summed E-state index contributed by atoms with van der Waals surface area (Å²) in [6.45, 7) is 3.17. The number of ether oxygens (including phenoxy) is 1. The van der Waals surface area contributed by atoms with Gasteiger partial charge in [0, 0.05) is 25.2 Å². The van der Waals surface area contributed by atoms with Crippen LogP contribution < -0.4 is 10.1 Å². The minimum Gasteiger partial charge on any atom is -0.497 e. The number of fused-ring (bicyclic) bond motifs is 1. The van der Waals surface area contributed by atoms with Crippen molar-refractivity contribution in [1.82, 2.24) is 10.2 Å². The molecule has 5 heteroatoms. The number of benzene rings is 2. The van der Waals surface area contributed by atoms with Gasteiger partial charge in [0.05, 0.1) is 7.11 Å². The number of methoxy groups -OCH3 is 1. The zero-order valence-electron chi connectivity index (χ0n) is 18.1. The first-order valence-electron chi connectivity index (χ1n) is 11.2. The number of hydrogen-bond acceptors (Lipinski definition) is 3. The maximum absolute atomic E-state index is 12.9. The molecule has 31 heavy (non-hydrogen) atoms. The Bertz CT molecular complexity index is 918. The summed E-state index contributed by atoms with van der Waals surface area (Å²) in [7, 11) is 1.72. The molecule has 0 unspecified atom stereocenters. The number of hydrogen-bond donors (Lipinski definition) is 1. The van der Waals surface area contributed by atoms with Crippen molar-refractivity contribution in [1.29, 1.82) is 0 Å². The molecule has 1 amide bonds. The van der Waals surface area contributed by atoms with E-state index >= 15 is 0 Å². The number of rotatable bonds is 7. The molecule has 1 saturated carbocycles. The van der Waals surface area contributed by atoms with Crippen LogP contribution in [0.3, 0.4) is 0 Å². The number of carbonyl (C=O) groups is 1. The molecule has 1 heterocycles. The molecule has 164 valence electrons. The molecule has 2 aliphatic rings. The van der Waals surface area contributed by atoms with Crippen LogP contribution in [0.25, 0.3) is 6.08 Å². The van der Waals surface area contributed by atoms with Crippen LogP contribution in [-0.4, -0.2) is 30.5 Å². The van der Waals surface area contributed by atoms with Gasteiger partial charge in [0.25, 0.3) is 0 Å². The molecule has 0 atom stereocenters. The largest absolute Gasteiger partial charge is 0.497 e. The van der Waals surface area contributed by atoms with Crippen molar-refractivity contribution in [3.8, 4) is 5.75 Å². The average molecular weight is 423 g/mol. The molecule has 2 aromatic rings. The second-order valence-corrected chi connectivity index (χ2v) is 8.75. The summed E-state index contributed by atoms with van der Waals surface area (Å²) in [6.07, 6.45) is 8.90. The Balaban J connectivity index is 1.16. The highest BCUT2D eigenvalue weighted by Crippen LogP contribution is 2.30. The SMILES string of the molecule is COc1ccc2c(c1)CN(CCC1CCC(NC(=O)/C=C/c3ccc(F)cc3)CC1)C2. The fraction of sp³-hybridized carbons (Fsp3) is 0.423. The molecular formula is C26H31FN2O2. The second kappa shape index (κ2) is 10.1. The van der Waals surface area contributed by atoms with Gasteiger partial charge in [-0.3, -0.25) is 9.69 Å². The van der Waals surface area contributed by atoms with E-state index in [2.05, 4.69) is 22.3 Å². The van der Waals surface area contributed by atoms with E-state index in [1.807, 2.05) is 6.07 Å². The lowest BCUT2D eigenvalue weighted by Gasteiger charge is -2.30. The maximum Gasteiger partial charge on any atom is 0.244 e. The van der Waals surface area contributed by atoms with Crippen molar-refractivity contribution in [3.05, 3.63) is 71.0 Å². The molecule has 0 radical (unpaired) electrons. The summed E-state index contributed by atoms with van der Waals surface area (Å²) in [5, 5.41) is 3.12. The van der Waals surface area contributed by atoms with Crippen LogP contribution in [0.4, 0.5) is 4.39 Å². The zero-order chi connectivity index (χ0) is 21.6. The van der Waals surface area contributed by atoms with Gasteiger partial charge in [0.15, 0.2) is 0 Å². The number of carbonyl (C=O) groups excluding carboxylic acids is 1. The quantitative estimate of drug-likeness (QED) is 0.644. The highest BCUT2D eigenvalue weighted by molar-refractivity contribution is 5.91. The van der Waals surface area contributed by atoms with Gasteiger partial charge in [-0.15, -0.1) is 0 Å². The first-order valence-corrected chi connectivity index (χ1v) is 11.2. The van der Waals surface area contributed by atoms with E-state index in [1.165, 1.54) is 42.5 Å². The number of nitrogens with zero attached hydrogens (tertiary/aromatic N) is 1. The molecule has 0 spiro atoms. The van der Waals surface area contributed by atoms with Gasteiger partial charge in [-0.05, 0) is 91.6 Å². The molecular weight excluding hydrogens is 391 g/mol. The minimum atomic E-state index is -0.270. The van der Waals surface area contributed by atoms with Gasteiger partial charge >= 0.3 is 0 Å². The maximum atomic E-state index is 12.9. The molecule has 0 bridgehead atoms. The van der Waals surface area contributed by atoms with Gasteiger partial charge in [0.2, 0.25) is 5.91 Å². The first kappa shape index (κ1) is 21.6. The summed E-state index contributed by atoms with van der Waals surface area (Å²) < 4.78 is 18.3. The molecule has 4 rings (SSSR count). The van der Waals surface area contributed by atoms with Gasteiger partial charge in [0.1, 0.15) is 11.6 Å². The van der Waals surface area contributed by atoms with Crippen LogP contribution in [0.2, 0.25) is 0 Å². The van der Waals surface area contributed by atoms with E-state index in [-0.39, 0.29) is 17.8 Å². The van der Waals surface area contributed by atoms with E-state index < -0.39 is 0 Å². The third-order valence-corrected chi connectivity index (χ3v) is 6.55. The minimum absolute atomic E-state index is 0.0713. The van der Waals surface area contributed by atoms with Gasteiger partial charge in [-0.1, -0.05) is 18.2 Å². The van der Waals surface area contributed by atoms with Gasteiger partial charge < -0.3 is 10.1 Å². The standard InChI is InChI=1S/C26H31FN2O2/c1-31-25-12-7-21-17-29(18-22(21)16-25)15-14-20-4-10-24(11-5-20)28-26(30)13-6-19-2-8-23(27)9-3-19/h2-3,6-9,12-13,16,20,24H,4-5,10-11,14-15,17-18H2,1H3,(H,28,30)/b13-6+. The monoisotopic (exact) mass is 422 g/mol. The van der Waals surface area contributed by atoms with Gasteiger partial charge in [-0.25, -0.2) is 4.39 Å². The normalized spacial score (nSPS) is 21.2. The van der Waals surface area contributed by atoms with Crippen LogP contribution in [-0.2, 0) is 17.9 Å². The Labute approximate surface area is 184 Å². The molecule has 2 aromatic carbocycles. The average Bonchev–Trinajstić information content (AvgIpc) is 3.20. The Morgan fingerprint density at radius 1 is 1.10 bits per heavy atom. The molecule has 0 saturated heterocycles. The lowest BCUT2D eigenvalue weighted by atomic mass is 9.84. The predicted octanol–water partition coefficient (Wildman–Crippen LogP) is 4.93. The molecule has 1 fully saturated rings. The van der Waals surface area contributed by atoms with Crippen molar-refractivity contribution < 1.29 is 13.9 Å². The fourth-order valence-corrected chi connectivity index (χ4v) is 4.68. The van der Waals surface area contributed by atoms with Crippen molar-refractivity contribution in [3.63, 3.8) is 0 Å². The molecule has 0 aromatic heterocycles. The van der Waals surface area contributed by atoms with E-state index in [0.29, 0.717) is 0 Å². The van der Waals surface area contributed by atoms with Crippen molar-refractivity contribution in [2.24, 2.45) is 5.92 Å². The Morgan fingerprint density at radius 3 is 2.58 bits per heavy atom. The number of halogens is 1. The van der Waals surface area contributed by atoms with Crippen molar-refractivity contribution >= 4 is 12.0 Å². The molecule has 4 nitrogen and oxygen atoms in total. The highest BCUT2D eigenvalue weighted by atomic mass is 19.1. The Hall–Kier alpha value is -2.66. The summed E-state index contributed by atoms with van der Waals surface area (Å²) >= 11 is 0. The Morgan fingerprint density at radius 2 is 1.84 bits per heavy atom. The van der Waals surface area contributed by atoms with Crippen LogP contribution in [0.5, 0.6) is 5.75 Å². The summed E-state index contributed by atoms with van der Waals surface area (Å²) in [5.41, 5.74) is 3.63. The third kappa shape index (κ3) is 5.95. The summed E-state index contributed by atoms with van der Waals surface area (Å²) in [5.74, 6) is 1.33. The van der Waals surface area contributed by atoms with Crippen LogP contribution in [0.15, 0.2) is 48.5 Å². The van der Waals surface area contributed by atoms with E-state index in [0.717, 1.165) is 49.7 Å². The third-order valence-electron chi connectivity index (χ3n) is 6.55. The van der Waals surface area contributed by atoms with Crippen molar-refractivity contribution in [2.45, 2.75) is 51.2 Å².